The average Bonchev–Trinajstić information content (AvgIpc) is 2.32. The Morgan fingerprint density at radius 1 is 1.47 bits per heavy atom. The van der Waals surface area contributed by atoms with E-state index in [1.807, 2.05) is 6.92 Å². The number of aliphatic carboxylic acids is 1. The molecule has 0 aliphatic heterocycles. The Morgan fingerprint density at radius 2 is 2.11 bits per heavy atom. The maximum absolute atomic E-state index is 13.3. The minimum Gasteiger partial charge on any atom is -0.480 e. The number of carboxylic acid groups (broad SMARTS) is 1. The molecule has 0 saturated carbocycles. The number of benzene rings is 1. The van der Waals surface area contributed by atoms with Crippen LogP contribution in [0.15, 0.2) is 18.2 Å². The first-order valence-electron chi connectivity index (χ1n) is 5.81. The van der Waals surface area contributed by atoms with Gasteiger partial charge in [-0.05, 0) is 25.5 Å². The molecule has 0 heterocycles. The largest absolute Gasteiger partial charge is 0.480 e. The summed E-state index contributed by atoms with van der Waals surface area (Å²) in [6.07, 6.45) is 0.848. The Hall–Kier alpha value is -1.62. The summed E-state index contributed by atoms with van der Waals surface area (Å²) in [5, 5.41) is 11.2. The van der Waals surface area contributed by atoms with Crippen molar-refractivity contribution in [2.75, 3.05) is 0 Å². The highest BCUT2D eigenvalue weighted by atomic mass is 35.5. The Morgan fingerprint density at radius 3 is 2.63 bits per heavy atom. The fourth-order valence-electron chi connectivity index (χ4n) is 1.72. The minimum atomic E-state index is -1.40. The van der Waals surface area contributed by atoms with E-state index in [9.17, 15) is 14.0 Å². The van der Waals surface area contributed by atoms with Crippen molar-refractivity contribution in [3.8, 4) is 0 Å². The highest BCUT2D eigenvalue weighted by molar-refractivity contribution is 6.34. The van der Waals surface area contributed by atoms with Gasteiger partial charge in [0.2, 0.25) is 0 Å². The summed E-state index contributed by atoms with van der Waals surface area (Å²) in [5.74, 6) is -2.57. The molecule has 0 spiro atoms. The fraction of sp³-hybridized carbons (Fsp3) is 0.385. The van der Waals surface area contributed by atoms with Crippen LogP contribution in [0.2, 0.25) is 5.02 Å². The lowest BCUT2D eigenvalue weighted by Crippen LogP contribution is -2.52. The lowest BCUT2D eigenvalue weighted by molar-refractivity contribution is -0.144. The number of amides is 1. The predicted octanol–water partition coefficient (Wildman–Crippen LogP) is 2.85. The van der Waals surface area contributed by atoms with E-state index < -0.39 is 23.2 Å². The van der Waals surface area contributed by atoms with Crippen LogP contribution in [0.1, 0.15) is 37.0 Å². The summed E-state index contributed by atoms with van der Waals surface area (Å²) in [5.41, 5.74) is -1.48. The van der Waals surface area contributed by atoms with Gasteiger partial charge in [-0.2, -0.15) is 0 Å². The van der Waals surface area contributed by atoms with Crippen LogP contribution in [-0.4, -0.2) is 22.5 Å². The number of hydrogen-bond acceptors (Lipinski definition) is 2. The number of nitrogens with one attached hydrogen (secondary N) is 1. The van der Waals surface area contributed by atoms with Crippen LogP contribution in [0.25, 0.3) is 0 Å². The van der Waals surface area contributed by atoms with Crippen molar-refractivity contribution in [3.05, 3.63) is 34.6 Å². The maximum Gasteiger partial charge on any atom is 0.329 e. The second-order valence-corrected chi connectivity index (χ2v) is 4.82. The smallest absolute Gasteiger partial charge is 0.329 e. The molecular formula is C13H15ClFNO3. The van der Waals surface area contributed by atoms with Crippen LogP contribution < -0.4 is 5.32 Å². The highest BCUT2D eigenvalue weighted by Gasteiger charge is 2.34. The maximum atomic E-state index is 13.3. The second kappa shape index (κ2) is 6.02. The molecule has 0 bridgehead atoms. The third-order valence-corrected chi connectivity index (χ3v) is 3.19. The van der Waals surface area contributed by atoms with Crippen LogP contribution in [0.3, 0.4) is 0 Å². The Labute approximate surface area is 115 Å². The van der Waals surface area contributed by atoms with Crippen molar-refractivity contribution in [2.45, 2.75) is 32.2 Å². The molecule has 0 aliphatic rings. The SMILES string of the molecule is CCCC(C)(NC(=O)c1cccc(F)c1Cl)C(=O)O. The van der Waals surface area contributed by atoms with E-state index in [1.54, 1.807) is 0 Å². The topological polar surface area (TPSA) is 66.4 Å². The summed E-state index contributed by atoms with van der Waals surface area (Å²) in [7, 11) is 0. The van der Waals surface area contributed by atoms with E-state index in [-0.39, 0.29) is 17.0 Å². The first-order valence-corrected chi connectivity index (χ1v) is 6.19. The summed E-state index contributed by atoms with van der Waals surface area (Å²) in [4.78, 5) is 23.2. The molecule has 1 unspecified atom stereocenters. The summed E-state index contributed by atoms with van der Waals surface area (Å²) in [6, 6.07) is 3.81. The van der Waals surface area contributed by atoms with Crippen molar-refractivity contribution in [3.63, 3.8) is 0 Å². The predicted molar refractivity (Wildman–Crippen MR) is 69.8 cm³/mol. The Bertz CT molecular complexity index is 507. The number of halogens is 2. The third-order valence-electron chi connectivity index (χ3n) is 2.81. The van der Waals surface area contributed by atoms with Crippen LogP contribution in [0.5, 0.6) is 0 Å². The van der Waals surface area contributed by atoms with Gasteiger partial charge in [-0.15, -0.1) is 0 Å². The average molecular weight is 288 g/mol. The quantitative estimate of drug-likeness (QED) is 0.875. The van der Waals surface area contributed by atoms with E-state index >= 15 is 0 Å². The van der Waals surface area contributed by atoms with Crippen LogP contribution in [0, 0.1) is 5.82 Å². The van der Waals surface area contributed by atoms with E-state index in [0.717, 1.165) is 6.07 Å². The van der Waals surface area contributed by atoms with Gasteiger partial charge in [-0.3, -0.25) is 4.79 Å². The molecule has 0 aliphatic carbocycles. The Kier molecular flexibility index (Phi) is 4.89. The molecule has 0 radical (unpaired) electrons. The van der Waals surface area contributed by atoms with E-state index in [1.165, 1.54) is 19.1 Å². The van der Waals surface area contributed by atoms with Crippen molar-refractivity contribution in [2.24, 2.45) is 0 Å². The molecule has 1 amide bonds. The summed E-state index contributed by atoms with van der Waals surface area (Å²) in [6.45, 7) is 3.21. The zero-order chi connectivity index (χ0) is 14.6. The zero-order valence-electron chi connectivity index (χ0n) is 10.7. The van der Waals surface area contributed by atoms with Crippen LogP contribution in [0.4, 0.5) is 4.39 Å². The van der Waals surface area contributed by atoms with E-state index in [4.69, 9.17) is 16.7 Å². The van der Waals surface area contributed by atoms with Gasteiger partial charge in [0.05, 0.1) is 10.6 Å². The molecule has 1 rings (SSSR count). The van der Waals surface area contributed by atoms with Crippen molar-refractivity contribution >= 4 is 23.5 Å². The zero-order valence-corrected chi connectivity index (χ0v) is 11.4. The standard InChI is InChI=1S/C13H15ClFNO3/c1-3-7-13(2,12(18)19)16-11(17)8-5-4-6-9(15)10(8)14/h4-6H,3,7H2,1-2H3,(H,16,17)(H,18,19). The molecule has 2 N–H and O–H groups in total. The van der Waals surface area contributed by atoms with Gasteiger partial charge >= 0.3 is 5.97 Å². The number of carbonyl (C=O) groups excluding carboxylic acids is 1. The monoisotopic (exact) mass is 287 g/mol. The molecule has 1 aromatic carbocycles. The molecule has 0 saturated heterocycles. The molecular weight excluding hydrogens is 273 g/mol. The van der Waals surface area contributed by atoms with Gasteiger partial charge in [-0.1, -0.05) is 31.0 Å². The molecule has 104 valence electrons. The van der Waals surface area contributed by atoms with Crippen LogP contribution >= 0.6 is 11.6 Å². The number of carboxylic acids is 1. The molecule has 1 atom stereocenters. The normalized spacial score (nSPS) is 13.7. The van der Waals surface area contributed by atoms with E-state index in [0.29, 0.717) is 6.42 Å². The lowest BCUT2D eigenvalue weighted by Gasteiger charge is -2.26. The number of hydrogen-bond donors (Lipinski definition) is 2. The van der Waals surface area contributed by atoms with Gasteiger partial charge in [0.25, 0.3) is 5.91 Å². The van der Waals surface area contributed by atoms with Crippen molar-refractivity contribution in [1.29, 1.82) is 0 Å². The van der Waals surface area contributed by atoms with Gasteiger partial charge < -0.3 is 10.4 Å². The first-order chi connectivity index (χ1) is 8.81. The molecule has 0 aromatic heterocycles. The summed E-state index contributed by atoms with van der Waals surface area (Å²) < 4.78 is 13.3. The van der Waals surface area contributed by atoms with Crippen molar-refractivity contribution < 1.29 is 19.1 Å². The van der Waals surface area contributed by atoms with Crippen molar-refractivity contribution in [1.82, 2.24) is 5.32 Å². The van der Waals surface area contributed by atoms with Gasteiger partial charge in [-0.25, -0.2) is 9.18 Å². The molecule has 1 aromatic rings. The van der Waals surface area contributed by atoms with Crippen LogP contribution in [-0.2, 0) is 4.79 Å². The minimum absolute atomic E-state index is 0.0785. The van der Waals surface area contributed by atoms with Gasteiger partial charge in [0.15, 0.2) is 0 Å². The summed E-state index contributed by atoms with van der Waals surface area (Å²) >= 11 is 5.69. The van der Waals surface area contributed by atoms with Gasteiger partial charge in [0, 0.05) is 0 Å². The third kappa shape index (κ3) is 3.44. The fourth-order valence-corrected chi connectivity index (χ4v) is 1.93. The number of carbonyl (C=O) groups is 2. The lowest BCUT2D eigenvalue weighted by atomic mass is 9.95. The molecule has 4 nitrogen and oxygen atoms in total. The Balaban J connectivity index is 3.01. The van der Waals surface area contributed by atoms with Gasteiger partial charge in [0.1, 0.15) is 11.4 Å². The number of rotatable bonds is 5. The van der Waals surface area contributed by atoms with E-state index in [2.05, 4.69) is 5.32 Å². The molecule has 6 heteroatoms. The molecule has 19 heavy (non-hydrogen) atoms. The highest BCUT2D eigenvalue weighted by Crippen LogP contribution is 2.21. The molecule has 0 fully saturated rings. The second-order valence-electron chi connectivity index (χ2n) is 4.44. The first kappa shape index (κ1) is 15.4.